The van der Waals surface area contributed by atoms with Gasteiger partial charge in [-0.25, -0.2) is 16.8 Å². The first-order valence-electron chi connectivity index (χ1n) is 8.70. The fraction of sp³-hybridized carbons (Fsp3) is 1.00. The maximum atomic E-state index is 11.4. The minimum Gasteiger partial charge on any atom is -0.421 e. The SMILES string of the molecule is CCCCCCC[NH+](C)CCCC.O=S(=O)([N-]S(=O)(=O)C(F)(F)F)C(F)(F)F. The molecular formula is C14H28F6N2O4S2. The van der Waals surface area contributed by atoms with E-state index in [1.54, 1.807) is 4.90 Å². The maximum absolute atomic E-state index is 11.4. The zero-order chi connectivity index (χ0) is 22.6. The van der Waals surface area contributed by atoms with Crippen molar-refractivity contribution < 1.29 is 48.1 Å². The molecule has 0 aliphatic carbocycles. The van der Waals surface area contributed by atoms with Gasteiger partial charge in [-0.15, -0.1) is 0 Å². The minimum absolute atomic E-state index is 0.778. The molecule has 172 valence electrons. The third-order valence-electron chi connectivity index (χ3n) is 3.45. The van der Waals surface area contributed by atoms with Gasteiger partial charge in [-0.3, -0.25) is 0 Å². The van der Waals surface area contributed by atoms with Crippen LogP contribution < -0.4 is 4.90 Å². The van der Waals surface area contributed by atoms with Crippen LogP contribution in [0.3, 0.4) is 0 Å². The Morgan fingerprint density at radius 3 is 1.39 bits per heavy atom. The number of unbranched alkanes of at least 4 members (excludes halogenated alkanes) is 5. The van der Waals surface area contributed by atoms with Crippen LogP contribution in [0.4, 0.5) is 26.3 Å². The minimum atomic E-state index is -6.72. The Balaban J connectivity index is 0. The van der Waals surface area contributed by atoms with Crippen molar-refractivity contribution in [2.75, 3.05) is 20.1 Å². The first-order valence-corrected chi connectivity index (χ1v) is 11.6. The summed E-state index contributed by atoms with van der Waals surface area (Å²) in [4.78, 5) is 1.72. The number of hydrogen-bond acceptors (Lipinski definition) is 4. The van der Waals surface area contributed by atoms with E-state index in [0.29, 0.717) is 0 Å². The lowest BCUT2D eigenvalue weighted by Crippen LogP contribution is -3.09. The molecule has 0 saturated heterocycles. The molecule has 1 N–H and O–H groups in total. The highest BCUT2D eigenvalue weighted by Crippen LogP contribution is 2.36. The molecule has 0 heterocycles. The van der Waals surface area contributed by atoms with Crippen LogP contribution >= 0.6 is 0 Å². The van der Waals surface area contributed by atoms with Crippen molar-refractivity contribution in [1.29, 1.82) is 0 Å². The smallest absolute Gasteiger partial charge is 0.421 e. The zero-order valence-electron chi connectivity index (χ0n) is 16.0. The van der Waals surface area contributed by atoms with Crippen molar-refractivity contribution in [3.05, 3.63) is 4.13 Å². The normalized spacial score (nSPS) is 14.3. The Morgan fingerprint density at radius 1 is 0.679 bits per heavy atom. The molecule has 0 aliphatic rings. The van der Waals surface area contributed by atoms with Crippen LogP contribution in [0, 0.1) is 0 Å². The van der Waals surface area contributed by atoms with E-state index in [4.69, 9.17) is 0 Å². The second-order valence-corrected chi connectivity index (χ2v) is 9.56. The molecule has 0 amide bonds. The fourth-order valence-corrected chi connectivity index (χ4v) is 3.56. The summed E-state index contributed by atoms with van der Waals surface area (Å²) < 4.78 is 109. The largest absolute Gasteiger partial charge is 0.480 e. The van der Waals surface area contributed by atoms with Crippen LogP contribution in [0.1, 0.15) is 58.8 Å². The highest BCUT2D eigenvalue weighted by Gasteiger charge is 2.46. The molecule has 1 atom stereocenters. The highest BCUT2D eigenvalue weighted by atomic mass is 32.3. The van der Waals surface area contributed by atoms with Gasteiger partial charge in [0.25, 0.3) is 0 Å². The molecule has 14 heteroatoms. The molecule has 0 rings (SSSR count). The lowest BCUT2D eigenvalue weighted by molar-refractivity contribution is -0.880. The molecule has 0 radical (unpaired) electrons. The summed E-state index contributed by atoms with van der Waals surface area (Å²) in [6.07, 6.45) is 9.82. The Kier molecular flexibility index (Phi) is 13.6. The van der Waals surface area contributed by atoms with Crippen molar-refractivity contribution in [2.45, 2.75) is 69.8 Å². The van der Waals surface area contributed by atoms with Gasteiger partial charge >= 0.3 is 11.0 Å². The van der Waals surface area contributed by atoms with Gasteiger partial charge in [-0.2, -0.15) is 26.3 Å². The first kappa shape index (κ1) is 29.6. The number of halogens is 6. The summed E-state index contributed by atoms with van der Waals surface area (Å²) in [5.74, 6) is 0. The van der Waals surface area contributed by atoms with Crippen LogP contribution in [0.25, 0.3) is 4.13 Å². The monoisotopic (exact) mass is 466 g/mol. The van der Waals surface area contributed by atoms with E-state index >= 15 is 0 Å². The van der Waals surface area contributed by atoms with Gasteiger partial charge in [-0.05, 0) is 19.3 Å². The van der Waals surface area contributed by atoms with Crippen LogP contribution in [0.2, 0.25) is 0 Å². The van der Waals surface area contributed by atoms with Crippen LogP contribution in [-0.4, -0.2) is 48.0 Å². The standard InChI is InChI=1S/C12H27N.C2F6NO4S2/c1-4-6-8-9-10-12-13(3)11-7-5-2;3-1(4,5)14(10,11)9-15(12,13)2(6,7)8/h4-12H2,1-3H3;/q;-1/p+1. The van der Waals surface area contributed by atoms with Crippen LogP contribution in [0.15, 0.2) is 0 Å². The molecule has 0 aromatic heterocycles. The third kappa shape index (κ3) is 12.8. The van der Waals surface area contributed by atoms with E-state index in [1.165, 1.54) is 58.0 Å². The van der Waals surface area contributed by atoms with E-state index in [0.717, 1.165) is 4.13 Å². The lowest BCUT2D eigenvalue weighted by Gasteiger charge is -2.22. The molecule has 0 saturated carbocycles. The molecule has 1 unspecified atom stereocenters. The van der Waals surface area contributed by atoms with E-state index in [9.17, 15) is 43.2 Å². The quantitative estimate of drug-likeness (QED) is 0.374. The van der Waals surface area contributed by atoms with Gasteiger partial charge in [0, 0.05) is 0 Å². The summed E-state index contributed by atoms with van der Waals surface area (Å²) >= 11 is 0. The number of nitrogens with one attached hydrogen (secondary N) is 1. The highest BCUT2D eigenvalue weighted by molar-refractivity contribution is 8.13. The number of sulfonamides is 2. The van der Waals surface area contributed by atoms with Gasteiger partial charge in [0.1, 0.15) is 0 Å². The Hall–Kier alpha value is -0.600. The van der Waals surface area contributed by atoms with Crippen molar-refractivity contribution in [3.63, 3.8) is 0 Å². The van der Waals surface area contributed by atoms with Gasteiger partial charge in [0.05, 0.1) is 20.1 Å². The van der Waals surface area contributed by atoms with Crippen molar-refractivity contribution in [1.82, 2.24) is 0 Å². The van der Waals surface area contributed by atoms with Gasteiger partial charge in [0.15, 0.2) is 20.0 Å². The summed E-state index contributed by atoms with van der Waals surface area (Å²) in [6.45, 7) is 7.29. The van der Waals surface area contributed by atoms with Crippen molar-refractivity contribution in [2.24, 2.45) is 0 Å². The average molecular weight is 467 g/mol. The van der Waals surface area contributed by atoms with E-state index in [-0.39, 0.29) is 0 Å². The number of nitrogens with zero attached hydrogens (tertiary/aromatic N) is 1. The molecule has 28 heavy (non-hydrogen) atoms. The summed E-state index contributed by atoms with van der Waals surface area (Å²) in [5, 5.41) is 0. The lowest BCUT2D eigenvalue weighted by atomic mass is 10.1. The van der Waals surface area contributed by atoms with Gasteiger partial charge < -0.3 is 9.03 Å². The number of rotatable bonds is 11. The zero-order valence-corrected chi connectivity index (χ0v) is 17.7. The van der Waals surface area contributed by atoms with E-state index in [1.807, 2.05) is 0 Å². The van der Waals surface area contributed by atoms with Crippen LogP contribution in [0.5, 0.6) is 0 Å². The Bertz CT molecular complexity index is 577. The summed E-state index contributed by atoms with van der Waals surface area (Å²) in [6, 6.07) is 0. The number of alkyl halides is 6. The molecule has 0 fully saturated rings. The molecule has 6 nitrogen and oxygen atoms in total. The third-order valence-corrected chi connectivity index (χ3v) is 6.19. The predicted molar refractivity (Wildman–Crippen MR) is 93.6 cm³/mol. The number of hydrogen-bond donors (Lipinski definition) is 1. The average Bonchev–Trinajstić information content (AvgIpc) is 2.50. The second kappa shape index (κ2) is 12.9. The fourth-order valence-electron chi connectivity index (χ4n) is 1.85. The Morgan fingerprint density at radius 2 is 1.04 bits per heavy atom. The van der Waals surface area contributed by atoms with Crippen LogP contribution in [-0.2, 0) is 20.0 Å². The topological polar surface area (TPSA) is 86.8 Å². The summed E-state index contributed by atoms with van der Waals surface area (Å²) in [5.41, 5.74) is -12.4. The molecule has 0 aromatic carbocycles. The molecule has 0 bridgehead atoms. The molecule has 0 aromatic rings. The van der Waals surface area contributed by atoms with Gasteiger partial charge in [0.2, 0.25) is 0 Å². The van der Waals surface area contributed by atoms with Crippen molar-refractivity contribution in [3.8, 4) is 0 Å². The van der Waals surface area contributed by atoms with Crippen molar-refractivity contribution >= 4 is 20.0 Å². The van der Waals surface area contributed by atoms with E-state index < -0.39 is 31.1 Å². The molecular weight excluding hydrogens is 438 g/mol. The molecule has 0 spiro atoms. The maximum Gasteiger partial charge on any atom is 0.480 e. The number of quaternary nitrogens is 1. The first-order chi connectivity index (χ1) is 12.5. The van der Waals surface area contributed by atoms with Gasteiger partial charge in [-0.1, -0.05) is 39.5 Å². The Labute approximate surface area is 162 Å². The predicted octanol–water partition coefficient (Wildman–Crippen LogP) is 3.33. The van der Waals surface area contributed by atoms with E-state index in [2.05, 4.69) is 20.9 Å². The molecule has 0 aliphatic heterocycles. The summed E-state index contributed by atoms with van der Waals surface area (Å²) in [7, 11) is -11.1. The second-order valence-electron chi connectivity index (χ2n) is 6.14.